The molecule has 2 aliphatic carbocycles. The van der Waals surface area contributed by atoms with Gasteiger partial charge in [-0.15, -0.1) is 0 Å². The van der Waals surface area contributed by atoms with Gasteiger partial charge in [-0.05, 0) is 110 Å². The zero-order valence-corrected chi connectivity index (χ0v) is 27.8. The molecule has 238 valence electrons. The summed E-state index contributed by atoms with van der Waals surface area (Å²) in [5.41, 5.74) is 17.7. The summed E-state index contributed by atoms with van der Waals surface area (Å²) in [6.45, 7) is 0. The lowest BCUT2D eigenvalue weighted by atomic mass is 9.70. The Labute approximate surface area is 296 Å². The highest BCUT2D eigenvalue weighted by Gasteiger charge is 2.52. The Bertz CT molecular complexity index is 2760. The van der Waals surface area contributed by atoms with E-state index in [0.717, 1.165) is 33.6 Å². The van der Waals surface area contributed by atoms with Crippen LogP contribution >= 0.6 is 0 Å². The van der Waals surface area contributed by atoms with Crippen LogP contribution in [0.5, 0.6) is 0 Å². The van der Waals surface area contributed by atoms with Crippen molar-refractivity contribution >= 4 is 39.0 Å². The highest BCUT2D eigenvalue weighted by atomic mass is 16.3. The van der Waals surface area contributed by atoms with Gasteiger partial charge >= 0.3 is 0 Å². The SMILES string of the molecule is c1ccc(N(c2ccccc2)c2ccc(-c3ccc4c(c3)C3(c5ccccc5-4)c4ccccc4-c4c3ccc3oc5ccccc5c43)cc2)cc1. The third kappa shape index (κ3) is 3.87. The zero-order valence-electron chi connectivity index (χ0n) is 27.8. The first-order chi connectivity index (χ1) is 25.3. The topological polar surface area (TPSA) is 16.4 Å². The van der Waals surface area contributed by atoms with Crippen molar-refractivity contribution in [1.82, 2.24) is 0 Å². The number of hydrogen-bond donors (Lipinski definition) is 0. The van der Waals surface area contributed by atoms with Gasteiger partial charge in [0.15, 0.2) is 0 Å². The first kappa shape index (κ1) is 28.2. The lowest BCUT2D eigenvalue weighted by Gasteiger charge is -2.30. The Morgan fingerprint density at radius 3 is 1.69 bits per heavy atom. The van der Waals surface area contributed by atoms with Crippen molar-refractivity contribution in [3.05, 3.63) is 210 Å². The Kier molecular flexibility index (Phi) is 5.91. The van der Waals surface area contributed by atoms with E-state index >= 15 is 0 Å². The van der Waals surface area contributed by atoms with Crippen LogP contribution in [0.3, 0.4) is 0 Å². The summed E-state index contributed by atoms with van der Waals surface area (Å²) in [7, 11) is 0. The van der Waals surface area contributed by atoms with E-state index in [1.165, 1.54) is 61.0 Å². The van der Waals surface area contributed by atoms with Gasteiger partial charge in [-0.3, -0.25) is 0 Å². The minimum Gasteiger partial charge on any atom is -0.456 e. The highest BCUT2D eigenvalue weighted by molar-refractivity contribution is 6.16. The molecule has 0 amide bonds. The van der Waals surface area contributed by atoms with Crippen LogP contribution in [0.15, 0.2) is 192 Å². The fourth-order valence-electron chi connectivity index (χ4n) is 9.03. The minimum absolute atomic E-state index is 0.447. The van der Waals surface area contributed by atoms with Gasteiger partial charge in [0.1, 0.15) is 11.2 Å². The Balaban J connectivity index is 1.12. The summed E-state index contributed by atoms with van der Waals surface area (Å²) in [6, 6.07) is 68.3. The Morgan fingerprint density at radius 1 is 0.373 bits per heavy atom. The van der Waals surface area contributed by atoms with E-state index in [1.54, 1.807) is 0 Å². The molecule has 0 saturated carbocycles. The Morgan fingerprint density at radius 2 is 0.941 bits per heavy atom. The zero-order chi connectivity index (χ0) is 33.5. The molecule has 0 N–H and O–H groups in total. The summed E-state index contributed by atoms with van der Waals surface area (Å²) in [4.78, 5) is 2.31. The van der Waals surface area contributed by atoms with Crippen LogP contribution in [0, 0.1) is 0 Å². The van der Waals surface area contributed by atoms with Crippen molar-refractivity contribution in [2.24, 2.45) is 0 Å². The van der Waals surface area contributed by atoms with E-state index in [2.05, 4.69) is 193 Å². The first-order valence-corrected chi connectivity index (χ1v) is 17.6. The number of nitrogens with zero attached hydrogens (tertiary/aromatic N) is 1. The number of rotatable bonds is 4. The van der Waals surface area contributed by atoms with E-state index in [-0.39, 0.29) is 0 Å². The molecule has 1 spiro atoms. The second-order valence-corrected chi connectivity index (χ2v) is 13.6. The van der Waals surface area contributed by atoms with Crippen molar-refractivity contribution < 1.29 is 4.42 Å². The molecule has 2 aliphatic rings. The summed E-state index contributed by atoms with van der Waals surface area (Å²) >= 11 is 0. The molecule has 1 aromatic heterocycles. The van der Waals surface area contributed by atoms with Crippen LogP contribution in [0.1, 0.15) is 22.3 Å². The molecular weight excluding hydrogens is 619 g/mol. The third-order valence-electron chi connectivity index (χ3n) is 11.1. The van der Waals surface area contributed by atoms with E-state index in [0.29, 0.717) is 0 Å². The van der Waals surface area contributed by atoms with E-state index in [1.807, 2.05) is 0 Å². The number of anilines is 3. The molecule has 51 heavy (non-hydrogen) atoms. The lowest BCUT2D eigenvalue weighted by Crippen LogP contribution is -2.25. The molecule has 1 heterocycles. The molecule has 11 rings (SSSR count). The molecule has 8 aromatic carbocycles. The molecule has 0 bridgehead atoms. The molecule has 0 fully saturated rings. The Hall–Kier alpha value is -6.64. The van der Waals surface area contributed by atoms with Crippen molar-refractivity contribution in [1.29, 1.82) is 0 Å². The highest BCUT2D eigenvalue weighted by Crippen LogP contribution is 2.64. The monoisotopic (exact) mass is 649 g/mol. The summed E-state index contributed by atoms with van der Waals surface area (Å²) in [6.07, 6.45) is 0. The number of fused-ring (bicyclic) bond motifs is 14. The molecule has 2 heteroatoms. The molecule has 0 aliphatic heterocycles. The maximum Gasteiger partial charge on any atom is 0.136 e. The molecule has 0 radical (unpaired) electrons. The fraction of sp³-hybridized carbons (Fsp3) is 0.0204. The van der Waals surface area contributed by atoms with Gasteiger partial charge in [0, 0.05) is 27.8 Å². The van der Waals surface area contributed by atoms with Gasteiger partial charge in [-0.1, -0.05) is 133 Å². The van der Waals surface area contributed by atoms with Crippen LogP contribution < -0.4 is 4.90 Å². The number of para-hydroxylation sites is 3. The van der Waals surface area contributed by atoms with Crippen molar-refractivity contribution in [3.63, 3.8) is 0 Å². The van der Waals surface area contributed by atoms with Gasteiger partial charge < -0.3 is 9.32 Å². The smallest absolute Gasteiger partial charge is 0.136 e. The quantitative estimate of drug-likeness (QED) is 0.189. The van der Waals surface area contributed by atoms with Crippen LogP contribution in [0.4, 0.5) is 17.1 Å². The normalized spacial score (nSPS) is 15.1. The molecule has 0 saturated heterocycles. The largest absolute Gasteiger partial charge is 0.456 e. The minimum atomic E-state index is -0.447. The van der Waals surface area contributed by atoms with Gasteiger partial charge in [-0.2, -0.15) is 0 Å². The summed E-state index contributed by atoms with van der Waals surface area (Å²) in [5.74, 6) is 0. The summed E-state index contributed by atoms with van der Waals surface area (Å²) in [5, 5.41) is 2.36. The molecule has 9 aromatic rings. The van der Waals surface area contributed by atoms with Crippen LogP contribution in [0.25, 0.3) is 55.3 Å². The predicted molar refractivity (Wildman–Crippen MR) is 210 cm³/mol. The maximum atomic E-state index is 6.44. The summed E-state index contributed by atoms with van der Waals surface area (Å²) < 4.78 is 6.44. The third-order valence-corrected chi connectivity index (χ3v) is 11.1. The average Bonchev–Trinajstić information content (AvgIpc) is 3.83. The van der Waals surface area contributed by atoms with E-state index in [9.17, 15) is 0 Å². The lowest BCUT2D eigenvalue weighted by molar-refractivity contribution is 0.668. The van der Waals surface area contributed by atoms with Crippen molar-refractivity contribution in [3.8, 4) is 33.4 Å². The van der Waals surface area contributed by atoms with Crippen LogP contribution in [0.2, 0.25) is 0 Å². The molecular formula is C49H31NO. The van der Waals surface area contributed by atoms with E-state index in [4.69, 9.17) is 4.42 Å². The van der Waals surface area contributed by atoms with Crippen molar-refractivity contribution in [2.45, 2.75) is 5.41 Å². The van der Waals surface area contributed by atoms with Crippen LogP contribution in [-0.2, 0) is 5.41 Å². The van der Waals surface area contributed by atoms with E-state index < -0.39 is 5.41 Å². The van der Waals surface area contributed by atoms with Gasteiger partial charge in [0.05, 0.1) is 5.41 Å². The van der Waals surface area contributed by atoms with Gasteiger partial charge in [0.2, 0.25) is 0 Å². The first-order valence-electron chi connectivity index (χ1n) is 17.6. The van der Waals surface area contributed by atoms with Crippen molar-refractivity contribution in [2.75, 3.05) is 4.90 Å². The molecule has 1 unspecified atom stereocenters. The van der Waals surface area contributed by atoms with Gasteiger partial charge in [0.25, 0.3) is 0 Å². The number of hydrogen-bond acceptors (Lipinski definition) is 2. The second-order valence-electron chi connectivity index (χ2n) is 13.6. The van der Waals surface area contributed by atoms with Gasteiger partial charge in [-0.25, -0.2) is 0 Å². The predicted octanol–water partition coefficient (Wildman–Crippen LogP) is 13.1. The maximum absolute atomic E-state index is 6.44. The fourth-order valence-corrected chi connectivity index (χ4v) is 9.03. The molecule has 1 atom stereocenters. The molecule has 2 nitrogen and oxygen atoms in total. The van der Waals surface area contributed by atoms with Crippen LogP contribution in [-0.4, -0.2) is 0 Å². The average molecular weight is 650 g/mol. The number of benzene rings is 8. The standard InChI is InChI=1S/C49H31NO/c1-3-13-34(14-4-1)50(35-15-5-2-6-16-35)36-26-23-32(24-27-36)33-25-28-38-37-17-7-10-20-41(37)49(44(38)31-33)42-21-11-8-18-39(42)47-43(49)29-30-46-48(47)40-19-9-12-22-45(40)51-46/h1-31H. The number of furan rings is 1. The second kappa shape index (κ2) is 10.7.